The number of hydrogen-bond acceptors (Lipinski definition) is 3. The van der Waals surface area contributed by atoms with Crippen LogP contribution in [-0.4, -0.2) is 17.6 Å². The zero-order chi connectivity index (χ0) is 24.1. The standard InChI is InChI=1S/C24H17Cl2N3O2.C2H6/c1-29-22-10-8-17(31-2)12-18(22)19(13-27)23(29)14-3-5-15(6-4-14)24(30)28-16-7-9-20(25)21(26)11-16;1-2/h3-12H,1-2H3,(H,28,30);1-2H3. The SMILES string of the molecule is CC.COc1ccc2c(c1)c(C#N)c(-c1ccc(C(=O)Nc3ccc(Cl)c(Cl)c3)cc1)n2C. The zero-order valence-corrected chi connectivity index (χ0v) is 20.3. The third-order valence-electron chi connectivity index (χ3n) is 5.12. The molecule has 0 aliphatic rings. The Morgan fingerprint density at radius 1 is 1.00 bits per heavy atom. The molecule has 0 unspecified atom stereocenters. The first-order valence-electron chi connectivity index (χ1n) is 10.4. The maximum Gasteiger partial charge on any atom is 0.255 e. The van der Waals surface area contributed by atoms with Gasteiger partial charge in [-0.15, -0.1) is 0 Å². The number of fused-ring (bicyclic) bond motifs is 1. The Balaban J connectivity index is 0.00000149. The van der Waals surface area contributed by atoms with Crippen LogP contribution in [0.25, 0.3) is 22.2 Å². The van der Waals surface area contributed by atoms with Gasteiger partial charge >= 0.3 is 0 Å². The molecule has 0 atom stereocenters. The van der Waals surface area contributed by atoms with E-state index in [9.17, 15) is 10.1 Å². The second kappa shape index (κ2) is 10.4. The van der Waals surface area contributed by atoms with Gasteiger partial charge in [0.2, 0.25) is 0 Å². The fraction of sp³-hybridized carbons (Fsp3) is 0.154. The number of aryl methyl sites for hydroxylation is 1. The molecule has 1 N–H and O–H groups in total. The summed E-state index contributed by atoms with van der Waals surface area (Å²) < 4.78 is 7.27. The van der Waals surface area contributed by atoms with Crippen LogP contribution >= 0.6 is 23.2 Å². The molecule has 1 amide bonds. The summed E-state index contributed by atoms with van der Waals surface area (Å²) in [5.41, 5.74) is 4.13. The van der Waals surface area contributed by atoms with E-state index >= 15 is 0 Å². The van der Waals surface area contributed by atoms with Gasteiger partial charge < -0.3 is 14.6 Å². The monoisotopic (exact) mass is 479 g/mol. The van der Waals surface area contributed by atoms with Crippen LogP contribution in [-0.2, 0) is 7.05 Å². The number of benzene rings is 3. The van der Waals surface area contributed by atoms with E-state index in [0.29, 0.717) is 32.6 Å². The van der Waals surface area contributed by atoms with Gasteiger partial charge in [-0.1, -0.05) is 49.2 Å². The molecule has 0 bridgehead atoms. The molecule has 0 saturated carbocycles. The van der Waals surface area contributed by atoms with Gasteiger partial charge in [-0.2, -0.15) is 5.26 Å². The summed E-state index contributed by atoms with van der Waals surface area (Å²) >= 11 is 11.9. The lowest BCUT2D eigenvalue weighted by atomic mass is 10.0. The van der Waals surface area contributed by atoms with Crippen molar-refractivity contribution < 1.29 is 9.53 Å². The Morgan fingerprint density at radius 3 is 2.30 bits per heavy atom. The van der Waals surface area contributed by atoms with Crippen molar-refractivity contribution in [2.24, 2.45) is 7.05 Å². The third kappa shape index (κ3) is 4.83. The highest BCUT2D eigenvalue weighted by molar-refractivity contribution is 6.42. The van der Waals surface area contributed by atoms with Gasteiger partial charge in [0.25, 0.3) is 5.91 Å². The topological polar surface area (TPSA) is 67.0 Å². The van der Waals surface area contributed by atoms with Crippen molar-refractivity contribution in [3.05, 3.63) is 81.8 Å². The molecule has 1 heterocycles. The summed E-state index contributed by atoms with van der Waals surface area (Å²) in [6.45, 7) is 4.00. The number of methoxy groups -OCH3 is 1. The highest BCUT2D eigenvalue weighted by atomic mass is 35.5. The zero-order valence-electron chi connectivity index (χ0n) is 18.7. The first-order valence-corrected chi connectivity index (χ1v) is 11.1. The number of rotatable bonds is 4. The number of amides is 1. The summed E-state index contributed by atoms with van der Waals surface area (Å²) in [4.78, 5) is 12.6. The second-order valence-electron chi connectivity index (χ2n) is 6.94. The molecule has 1 aromatic heterocycles. The minimum Gasteiger partial charge on any atom is -0.497 e. The first kappa shape index (κ1) is 24.2. The number of ether oxygens (including phenoxy) is 1. The molecule has 0 saturated heterocycles. The molecular formula is C26H23Cl2N3O2. The normalized spacial score (nSPS) is 10.2. The van der Waals surface area contributed by atoms with E-state index in [0.717, 1.165) is 22.2 Å². The van der Waals surface area contributed by atoms with E-state index in [1.165, 1.54) is 0 Å². The molecule has 7 heteroatoms. The average Bonchev–Trinajstić information content (AvgIpc) is 3.13. The first-order chi connectivity index (χ1) is 15.9. The van der Waals surface area contributed by atoms with Crippen molar-refractivity contribution in [3.63, 3.8) is 0 Å². The Kier molecular flexibility index (Phi) is 7.65. The summed E-state index contributed by atoms with van der Waals surface area (Å²) in [7, 11) is 3.51. The second-order valence-corrected chi connectivity index (χ2v) is 7.75. The number of nitriles is 1. The number of halogens is 2. The fourth-order valence-corrected chi connectivity index (χ4v) is 3.86. The van der Waals surface area contributed by atoms with Crippen molar-refractivity contribution >= 4 is 45.7 Å². The predicted octanol–water partition coefficient (Wildman–Crippen LogP) is 7.31. The largest absolute Gasteiger partial charge is 0.497 e. The van der Waals surface area contributed by atoms with Crippen molar-refractivity contribution in [2.75, 3.05) is 12.4 Å². The van der Waals surface area contributed by atoms with Crippen LogP contribution in [0, 0.1) is 11.3 Å². The van der Waals surface area contributed by atoms with Gasteiger partial charge in [-0.3, -0.25) is 4.79 Å². The summed E-state index contributed by atoms with van der Waals surface area (Å²) in [6, 6.07) is 20.0. The Morgan fingerprint density at radius 2 is 1.70 bits per heavy atom. The molecule has 0 radical (unpaired) electrons. The molecule has 0 aliphatic heterocycles. The molecular weight excluding hydrogens is 457 g/mol. The lowest BCUT2D eigenvalue weighted by Gasteiger charge is -2.09. The number of carbonyl (C=O) groups excluding carboxylic acids is 1. The van der Waals surface area contributed by atoms with Crippen LogP contribution in [0.15, 0.2) is 60.7 Å². The van der Waals surface area contributed by atoms with Crippen LogP contribution in [0.1, 0.15) is 29.8 Å². The molecule has 4 rings (SSSR count). The number of aromatic nitrogens is 1. The van der Waals surface area contributed by atoms with Gasteiger partial charge in [0.05, 0.1) is 28.4 Å². The summed E-state index contributed by atoms with van der Waals surface area (Å²) in [6.07, 6.45) is 0. The smallest absolute Gasteiger partial charge is 0.255 e. The molecule has 0 aliphatic carbocycles. The maximum absolute atomic E-state index is 12.6. The van der Waals surface area contributed by atoms with Crippen LogP contribution < -0.4 is 10.1 Å². The summed E-state index contributed by atoms with van der Waals surface area (Å²) in [5.74, 6) is 0.419. The number of nitrogens with one attached hydrogen (secondary N) is 1. The molecule has 4 aromatic rings. The minimum atomic E-state index is -0.271. The molecule has 33 heavy (non-hydrogen) atoms. The van der Waals surface area contributed by atoms with Crippen molar-refractivity contribution in [1.82, 2.24) is 4.57 Å². The van der Waals surface area contributed by atoms with Gasteiger partial charge in [0.15, 0.2) is 0 Å². The molecule has 0 spiro atoms. The van der Waals surface area contributed by atoms with Gasteiger partial charge in [-0.05, 0) is 54.1 Å². The minimum absolute atomic E-state index is 0.271. The summed E-state index contributed by atoms with van der Waals surface area (Å²) in [5, 5.41) is 14.2. The molecule has 168 valence electrons. The van der Waals surface area contributed by atoms with E-state index in [1.807, 2.05) is 55.8 Å². The van der Waals surface area contributed by atoms with E-state index in [-0.39, 0.29) is 5.91 Å². The highest BCUT2D eigenvalue weighted by Gasteiger charge is 2.18. The Bertz CT molecular complexity index is 1350. The maximum atomic E-state index is 12.6. The fourth-order valence-electron chi connectivity index (χ4n) is 3.56. The van der Waals surface area contributed by atoms with Crippen molar-refractivity contribution in [2.45, 2.75) is 13.8 Å². The number of anilines is 1. The predicted molar refractivity (Wildman–Crippen MR) is 135 cm³/mol. The van der Waals surface area contributed by atoms with Crippen LogP contribution in [0.2, 0.25) is 10.0 Å². The van der Waals surface area contributed by atoms with E-state index in [4.69, 9.17) is 27.9 Å². The molecule has 0 fully saturated rings. The average molecular weight is 480 g/mol. The van der Waals surface area contributed by atoms with Crippen LogP contribution in [0.4, 0.5) is 5.69 Å². The lowest BCUT2D eigenvalue weighted by Crippen LogP contribution is -2.11. The molecule has 3 aromatic carbocycles. The lowest BCUT2D eigenvalue weighted by molar-refractivity contribution is 0.102. The highest BCUT2D eigenvalue weighted by Crippen LogP contribution is 2.34. The van der Waals surface area contributed by atoms with Crippen molar-refractivity contribution in [3.8, 4) is 23.1 Å². The van der Waals surface area contributed by atoms with E-state index in [2.05, 4.69) is 11.4 Å². The number of hydrogen-bond donors (Lipinski definition) is 1. The quantitative estimate of drug-likeness (QED) is 0.333. The third-order valence-corrected chi connectivity index (χ3v) is 5.86. The molecule has 5 nitrogen and oxygen atoms in total. The Hall–Kier alpha value is -3.46. The van der Waals surface area contributed by atoms with Gasteiger partial charge in [0, 0.05) is 29.2 Å². The Labute approximate surface area is 203 Å². The van der Waals surface area contributed by atoms with Gasteiger partial charge in [0.1, 0.15) is 11.8 Å². The van der Waals surface area contributed by atoms with E-state index < -0.39 is 0 Å². The van der Waals surface area contributed by atoms with Gasteiger partial charge in [-0.25, -0.2) is 0 Å². The van der Waals surface area contributed by atoms with Crippen LogP contribution in [0.3, 0.4) is 0 Å². The van der Waals surface area contributed by atoms with Crippen molar-refractivity contribution in [1.29, 1.82) is 5.26 Å². The van der Waals surface area contributed by atoms with E-state index in [1.54, 1.807) is 37.4 Å². The number of carbonyl (C=O) groups is 1. The number of nitrogens with zero attached hydrogens (tertiary/aromatic N) is 2. The van der Waals surface area contributed by atoms with Crippen LogP contribution in [0.5, 0.6) is 5.75 Å².